The predicted octanol–water partition coefficient (Wildman–Crippen LogP) is 4.22. The Morgan fingerprint density at radius 1 is 0.787 bits per heavy atom. The zero-order valence-electron chi connectivity index (χ0n) is 24.2. The van der Waals surface area contributed by atoms with Crippen molar-refractivity contribution in [3.63, 3.8) is 0 Å². The number of nitrogens with zero attached hydrogens (tertiary/aromatic N) is 4. The number of hydrogen-bond donors (Lipinski definition) is 1. The van der Waals surface area contributed by atoms with E-state index in [1.165, 1.54) is 24.3 Å². The number of fused-ring (bicyclic) bond motifs is 1. The average Bonchev–Trinajstić information content (AvgIpc) is 3.62. The first kappa shape index (κ1) is 31.0. The first-order valence-electron chi connectivity index (χ1n) is 14.1. The summed E-state index contributed by atoms with van der Waals surface area (Å²) in [6, 6.07) is 24.0. The van der Waals surface area contributed by atoms with Crippen molar-refractivity contribution >= 4 is 34.8 Å². The van der Waals surface area contributed by atoms with Crippen molar-refractivity contribution in [2.75, 3.05) is 12.3 Å². The molecule has 15 heteroatoms. The number of nitrogens with two attached hydrogens (primary N) is 1. The van der Waals surface area contributed by atoms with Gasteiger partial charge in [0.05, 0.1) is 16.7 Å². The Kier molecular flexibility index (Phi) is 8.97. The van der Waals surface area contributed by atoms with E-state index < -0.39 is 61.5 Å². The molecule has 0 amide bonds. The van der Waals surface area contributed by atoms with Crippen molar-refractivity contribution in [2.45, 2.75) is 31.2 Å². The van der Waals surface area contributed by atoms with Gasteiger partial charge in [0.25, 0.3) is 5.88 Å². The summed E-state index contributed by atoms with van der Waals surface area (Å²) >= 11 is 0. The highest BCUT2D eigenvalue weighted by Gasteiger charge is 2.52. The zero-order valence-corrected chi connectivity index (χ0v) is 24.2. The number of esters is 3. The summed E-state index contributed by atoms with van der Waals surface area (Å²) in [5, 5.41) is 3.95. The number of carbonyl (C=O) groups excluding carboxylic acids is 3. The summed E-state index contributed by atoms with van der Waals surface area (Å²) in [5.41, 5.74) is 6.42. The van der Waals surface area contributed by atoms with Crippen molar-refractivity contribution in [1.29, 1.82) is 0 Å². The summed E-state index contributed by atoms with van der Waals surface area (Å²) in [6.07, 6.45) is -4.58. The van der Waals surface area contributed by atoms with Crippen LogP contribution in [0.3, 0.4) is 0 Å². The molecular formula is C32H25F2N5O8. The minimum atomic E-state index is -3.29. The molecule has 0 spiro atoms. The van der Waals surface area contributed by atoms with E-state index in [2.05, 4.69) is 19.8 Å². The largest absolute Gasteiger partial charge is 0.459 e. The zero-order chi connectivity index (χ0) is 32.9. The van der Waals surface area contributed by atoms with Crippen LogP contribution in [-0.4, -0.2) is 69.2 Å². The number of aromatic nitrogens is 4. The van der Waals surface area contributed by atoms with Crippen LogP contribution in [0.4, 0.5) is 14.6 Å². The summed E-state index contributed by atoms with van der Waals surface area (Å²) in [5.74, 6) is -3.20. The minimum absolute atomic E-state index is 0.117. The lowest BCUT2D eigenvalue weighted by molar-refractivity contribution is -0.0697. The van der Waals surface area contributed by atoms with Gasteiger partial charge in [-0.15, -0.1) is 5.10 Å². The third kappa shape index (κ3) is 6.69. The molecule has 47 heavy (non-hydrogen) atoms. The molecule has 13 nitrogen and oxygen atoms in total. The van der Waals surface area contributed by atoms with Gasteiger partial charge in [-0.2, -0.15) is 8.78 Å². The number of halogens is 2. The number of ether oxygens (including phenoxy) is 5. The fourth-order valence-electron chi connectivity index (χ4n) is 4.96. The third-order valence-corrected chi connectivity index (χ3v) is 7.11. The van der Waals surface area contributed by atoms with E-state index in [-0.39, 0.29) is 33.5 Å². The Labute approximate surface area is 264 Å². The summed E-state index contributed by atoms with van der Waals surface area (Å²) in [4.78, 5) is 47.6. The van der Waals surface area contributed by atoms with Crippen LogP contribution in [-0.2, 0) is 18.9 Å². The van der Waals surface area contributed by atoms with E-state index in [4.69, 9.17) is 24.7 Å². The fourth-order valence-corrected chi connectivity index (χ4v) is 4.96. The lowest BCUT2D eigenvalue weighted by atomic mass is 10.1. The van der Waals surface area contributed by atoms with Gasteiger partial charge in [-0.25, -0.2) is 29.0 Å². The topological polar surface area (TPSA) is 167 Å². The van der Waals surface area contributed by atoms with Crippen LogP contribution in [0.5, 0.6) is 5.88 Å². The van der Waals surface area contributed by atoms with Crippen LogP contribution in [0.2, 0.25) is 0 Å². The second-order valence-electron chi connectivity index (χ2n) is 10.1. The number of alkyl halides is 2. The number of carbonyl (C=O) groups is 3. The normalized spacial score (nSPS) is 19.0. The third-order valence-electron chi connectivity index (χ3n) is 7.11. The minimum Gasteiger partial charge on any atom is -0.459 e. The van der Waals surface area contributed by atoms with E-state index in [1.807, 2.05) is 0 Å². The van der Waals surface area contributed by atoms with E-state index in [9.17, 15) is 23.2 Å². The lowest BCUT2D eigenvalue weighted by Gasteiger charge is -2.24. The maximum atomic E-state index is 13.4. The summed E-state index contributed by atoms with van der Waals surface area (Å²) in [7, 11) is 0. The highest BCUT2D eigenvalue weighted by Crippen LogP contribution is 2.39. The monoisotopic (exact) mass is 645 g/mol. The molecule has 0 aliphatic carbocycles. The molecule has 3 heterocycles. The number of hydrogen-bond acceptors (Lipinski definition) is 12. The van der Waals surface area contributed by atoms with Gasteiger partial charge in [-0.1, -0.05) is 54.6 Å². The number of nitrogen functional groups attached to an aromatic ring is 1. The molecule has 1 fully saturated rings. The molecule has 5 aromatic rings. The highest BCUT2D eigenvalue weighted by atomic mass is 19.3. The van der Waals surface area contributed by atoms with Gasteiger partial charge in [0.1, 0.15) is 30.2 Å². The number of anilines is 1. The van der Waals surface area contributed by atoms with E-state index >= 15 is 0 Å². The van der Waals surface area contributed by atoms with Crippen LogP contribution in [0.1, 0.15) is 37.3 Å². The van der Waals surface area contributed by atoms with Crippen molar-refractivity contribution in [2.24, 2.45) is 0 Å². The van der Waals surface area contributed by atoms with Crippen LogP contribution < -0.4 is 10.5 Å². The Morgan fingerprint density at radius 3 is 1.87 bits per heavy atom. The van der Waals surface area contributed by atoms with Crippen molar-refractivity contribution in [3.8, 4) is 5.88 Å². The Morgan fingerprint density at radius 2 is 1.32 bits per heavy atom. The molecule has 1 aliphatic rings. The molecule has 2 aromatic heterocycles. The molecule has 2 N–H and O–H groups in total. The van der Waals surface area contributed by atoms with E-state index in [0.29, 0.717) is 0 Å². The maximum absolute atomic E-state index is 13.4. The summed E-state index contributed by atoms with van der Waals surface area (Å²) in [6.45, 7) is -3.77. The molecule has 1 aliphatic heterocycles. The smallest absolute Gasteiger partial charge is 0.388 e. The molecule has 1 saturated heterocycles. The van der Waals surface area contributed by atoms with Gasteiger partial charge in [-0.05, 0) is 36.4 Å². The maximum Gasteiger partial charge on any atom is 0.388 e. The second kappa shape index (κ2) is 13.6. The molecule has 0 unspecified atom stereocenters. The van der Waals surface area contributed by atoms with Crippen LogP contribution in [0, 0.1) is 0 Å². The van der Waals surface area contributed by atoms with Crippen LogP contribution >= 0.6 is 0 Å². The molecule has 6 rings (SSSR count). The average molecular weight is 646 g/mol. The van der Waals surface area contributed by atoms with Crippen molar-refractivity contribution < 1.29 is 46.8 Å². The highest BCUT2D eigenvalue weighted by molar-refractivity contribution is 5.92. The predicted molar refractivity (Wildman–Crippen MR) is 158 cm³/mol. The van der Waals surface area contributed by atoms with Gasteiger partial charge in [0.15, 0.2) is 24.1 Å². The Bertz CT molecular complexity index is 1880. The van der Waals surface area contributed by atoms with Crippen molar-refractivity contribution in [3.05, 3.63) is 114 Å². The first-order valence-corrected chi connectivity index (χ1v) is 14.1. The molecular weight excluding hydrogens is 620 g/mol. The first-order chi connectivity index (χ1) is 22.8. The molecule has 0 bridgehead atoms. The van der Waals surface area contributed by atoms with Gasteiger partial charge >= 0.3 is 24.5 Å². The van der Waals surface area contributed by atoms with Gasteiger partial charge < -0.3 is 29.4 Å². The molecule has 0 saturated carbocycles. The van der Waals surface area contributed by atoms with E-state index in [1.54, 1.807) is 66.7 Å². The second-order valence-corrected chi connectivity index (χ2v) is 10.1. The SMILES string of the molecule is Nc1ncnc2c1c(OC(F)F)nn2[C@@H]1O[C@H](COC(=O)c2ccccc2)[C@@H](OC(=O)c2ccccc2)[C@H]1OC(=O)c1ccccc1. The molecule has 4 atom stereocenters. The molecule has 3 aromatic carbocycles. The van der Waals surface area contributed by atoms with Gasteiger partial charge in [-0.3, -0.25) is 0 Å². The van der Waals surface area contributed by atoms with Crippen LogP contribution in [0.15, 0.2) is 97.3 Å². The lowest BCUT2D eigenvalue weighted by Crippen LogP contribution is -2.41. The van der Waals surface area contributed by atoms with Crippen molar-refractivity contribution in [1.82, 2.24) is 19.7 Å². The number of benzene rings is 3. The van der Waals surface area contributed by atoms with E-state index in [0.717, 1.165) is 11.0 Å². The quantitative estimate of drug-likeness (QED) is 0.170. The number of rotatable bonds is 10. The molecule has 240 valence electrons. The van der Waals surface area contributed by atoms with Gasteiger partial charge in [0.2, 0.25) is 0 Å². The Balaban J connectivity index is 1.42. The standard InChI is InChI=1S/C32H25F2N5O8/c33-32(34)47-27-22-25(35)36-17-37-26(22)39(38-27)28-24(46-31(42)20-14-8-3-9-15-20)23(45-30(41)19-12-6-2-7-13-19)21(44-28)16-43-29(40)18-10-4-1-5-11-18/h1-15,17,21,23-24,28,32H,16H2,(H2,35,36,37)/t21-,23-,24-,28-/m1/s1. The fraction of sp³-hybridized carbons (Fsp3) is 0.188. The molecule has 0 radical (unpaired) electrons. The Hall–Kier alpha value is -5.96. The van der Waals surface area contributed by atoms with Crippen LogP contribution in [0.25, 0.3) is 11.0 Å². The van der Waals surface area contributed by atoms with Gasteiger partial charge in [0, 0.05) is 0 Å². The summed E-state index contributed by atoms with van der Waals surface area (Å²) < 4.78 is 55.9.